The number of halogens is 2. The molecule has 156 valence electrons. The molecule has 0 aliphatic rings. The van der Waals surface area contributed by atoms with Gasteiger partial charge in [-0.15, -0.1) is 0 Å². The Kier molecular flexibility index (Phi) is 9.68. The first-order valence-electron chi connectivity index (χ1n) is 9.58. The van der Waals surface area contributed by atoms with Crippen molar-refractivity contribution < 1.29 is 33.3 Å². The largest absolute Gasteiger partial charge is 1.00 e. The number of rotatable bonds is 8. The van der Waals surface area contributed by atoms with Crippen molar-refractivity contribution in [2.45, 2.75) is 30.2 Å². The standard InChI is InChI=1S/C23H28IN2OS.HI/c1-17(24)7-6-16-26-22(28-21-9-5-8-20(27-4)23(21)26)15-12-18-10-13-19(14-11-18)25(2)3;/h5,8-15,17H,6-7,16H2,1-4H3;1H/q+1;/p-1. The molecular weight excluding hydrogens is 606 g/mol. The van der Waals surface area contributed by atoms with Gasteiger partial charge in [0.05, 0.1) is 7.11 Å². The maximum atomic E-state index is 5.66. The van der Waals surface area contributed by atoms with Crippen LogP contribution in [0, 0.1) is 0 Å². The SMILES string of the molecule is COc1cccc2sc(/C=C/c3ccc(N(C)C)cc3)[n+](CCCC(C)I)c12.[I-]. The Morgan fingerprint density at radius 3 is 2.48 bits per heavy atom. The van der Waals surface area contributed by atoms with Crippen molar-refractivity contribution in [3.05, 3.63) is 53.0 Å². The molecule has 0 spiro atoms. The third-order valence-corrected chi connectivity index (χ3v) is 6.48. The number of nitrogens with zero attached hydrogens (tertiary/aromatic N) is 2. The third kappa shape index (κ3) is 6.30. The van der Waals surface area contributed by atoms with Gasteiger partial charge in [-0.3, -0.25) is 0 Å². The second-order valence-corrected chi connectivity index (χ2v) is 10.3. The number of methoxy groups -OCH3 is 1. The van der Waals surface area contributed by atoms with E-state index in [0.717, 1.165) is 18.7 Å². The monoisotopic (exact) mass is 634 g/mol. The van der Waals surface area contributed by atoms with Gasteiger partial charge in [-0.1, -0.05) is 59.1 Å². The summed E-state index contributed by atoms with van der Waals surface area (Å²) in [5.41, 5.74) is 3.63. The first-order valence-corrected chi connectivity index (χ1v) is 11.6. The number of hydrogen-bond acceptors (Lipinski definition) is 3. The summed E-state index contributed by atoms with van der Waals surface area (Å²) in [4.78, 5) is 2.12. The molecule has 0 saturated carbocycles. The molecule has 0 amide bonds. The lowest BCUT2D eigenvalue weighted by Gasteiger charge is -2.11. The fourth-order valence-electron chi connectivity index (χ4n) is 3.22. The van der Waals surface area contributed by atoms with Gasteiger partial charge in [-0.2, -0.15) is 4.57 Å². The number of alkyl halides is 1. The highest BCUT2D eigenvalue weighted by molar-refractivity contribution is 14.1. The maximum Gasteiger partial charge on any atom is 0.266 e. The molecule has 1 aromatic heterocycles. The highest BCUT2D eigenvalue weighted by atomic mass is 127. The first-order chi connectivity index (χ1) is 13.5. The summed E-state index contributed by atoms with van der Waals surface area (Å²) in [5.74, 6) is 0.950. The number of benzene rings is 2. The Balaban J connectivity index is 0.00000300. The van der Waals surface area contributed by atoms with Gasteiger partial charge in [0.15, 0.2) is 12.3 Å². The molecule has 0 aliphatic carbocycles. The molecule has 0 radical (unpaired) electrons. The van der Waals surface area contributed by atoms with Crippen LogP contribution in [-0.4, -0.2) is 25.1 Å². The molecule has 3 aromatic rings. The smallest absolute Gasteiger partial charge is 0.266 e. The molecule has 0 saturated heterocycles. The zero-order valence-electron chi connectivity index (χ0n) is 17.4. The zero-order chi connectivity index (χ0) is 20.1. The van der Waals surface area contributed by atoms with Crippen molar-refractivity contribution in [3.63, 3.8) is 0 Å². The van der Waals surface area contributed by atoms with Crippen LogP contribution in [0.2, 0.25) is 0 Å². The molecule has 2 aromatic carbocycles. The number of aryl methyl sites for hydroxylation is 1. The molecule has 0 bridgehead atoms. The van der Waals surface area contributed by atoms with Crippen LogP contribution in [0.4, 0.5) is 5.69 Å². The number of anilines is 1. The van der Waals surface area contributed by atoms with Gasteiger partial charge in [0.25, 0.3) is 10.5 Å². The Labute approximate surface area is 208 Å². The Bertz CT molecular complexity index is 949. The maximum absolute atomic E-state index is 5.66. The van der Waals surface area contributed by atoms with Crippen molar-refractivity contribution in [1.29, 1.82) is 0 Å². The summed E-state index contributed by atoms with van der Waals surface area (Å²) >= 11 is 4.33. The average Bonchev–Trinajstić information content (AvgIpc) is 3.04. The summed E-state index contributed by atoms with van der Waals surface area (Å²) in [6, 6.07) is 15.0. The molecule has 3 rings (SSSR count). The minimum absolute atomic E-state index is 0. The van der Waals surface area contributed by atoms with Crippen LogP contribution >= 0.6 is 33.9 Å². The van der Waals surface area contributed by atoms with E-state index in [1.165, 1.54) is 32.9 Å². The number of ether oxygens (including phenoxy) is 1. The van der Waals surface area contributed by atoms with Gasteiger partial charge in [0, 0.05) is 36.2 Å². The fraction of sp³-hybridized carbons (Fsp3) is 0.348. The fourth-order valence-corrected chi connectivity index (χ4v) is 4.77. The molecule has 6 heteroatoms. The van der Waals surface area contributed by atoms with Crippen LogP contribution in [0.3, 0.4) is 0 Å². The minimum atomic E-state index is 0. The minimum Gasteiger partial charge on any atom is -1.00 e. The van der Waals surface area contributed by atoms with E-state index in [1.807, 2.05) is 11.3 Å². The third-order valence-electron chi connectivity index (χ3n) is 4.74. The van der Waals surface area contributed by atoms with Gasteiger partial charge in [0.2, 0.25) is 0 Å². The summed E-state index contributed by atoms with van der Waals surface area (Å²) < 4.78 is 10.0. The molecule has 1 heterocycles. The molecular formula is C23H28I2N2OS. The number of fused-ring (bicyclic) bond motifs is 1. The van der Waals surface area contributed by atoms with Gasteiger partial charge >= 0.3 is 0 Å². The van der Waals surface area contributed by atoms with E-state index >= 15 is 0 Å². The van der Waals surface area contributed by atoms with Crippen LogP contribution < -0.4 is 38.2 Å². The summed E-state index contributed by atoms with van der Waals surface area (Å²) in [7, 11) is 5.88. The van der Waals surface area contributed by atoms with Crippen molar-refractivity contribution in [1.82, 2.24) is 0 Å². The quantitative estimate of drug-likeness (QED) is 0.216. The van der Waals surface area contributed by atoms with Crippen molar-refractivity contribution >= 4 is 62.0 Å². The number of hydrogen-bond donors (Lipinski definition) is 0. The predicted octanol–water partition coefficient (Wildman–Crippen LogP) is 3.04. The lowest BCUT2D eigenvalue weighted by Crippen LogP contribution is -3.00. The van der Waals surface area contributed by atoms with Crippen LogP contribution in [0.5, 0.6) is 5.75 Å². The van der Waals surface area contributed by atoms with E-state index in [1.54, 1.807) is 7.11 Å². The van der Waals surface area contributed by atoms with Crippen molar-refractivity contribution in [2.75, 3.05) is 26.1 Å². The highest BCUT2D eigenvalue weighted by Crippen LogP contribution is 2.29. The van der Waals surface area contributed by atoms with Crippen LogP contribution in [0.15, 0.2) is 42.5 Å². The van der Waals surface area contributed by atoms with E-state index in [-0.39, 0.29) is 24.0 Å². The second-order valence-electron chi connectivity index (χ2n) is 7.14. The van der Waals surface area contributed by atoms with Crippen LogP contribution in [0.1, 0.15) is 30.3 Å². The Hall–Kier alpha value is -0.870. The number of para-hydroxylation sites is 1. The number of aromatic nitrogens is 1. The van der Waals surface area contributed by atoms with Crippen molar-refractivity contribution in [2.24, 2.45) is 0 Å². The van der Waals surface area contributed by atoms with E-state index in [9.17, 15) is 0 Å². The first kappa shape index (κ1) is 24.4. The van der Waals surface area contributed by atoms with Gasteiger partial charge in [0.1, 0.15) is 4.70 Å². The average molecular weight is 634 g/mol. The topological polar surface area (TPSA) is 16.4 Å². The Morgan fingerprint density at radius 2 is 1.86 bits per heavy atom. The molecule has 0 N–H and O–H groups in total. The molecule has 3 nitrogen and oxygen atoms in total. The highest BCUT2D eigenvalue weighted by Gasteiger charge is 2.22. The number of thiazole rings is 1. The van der Waals surface area contributed by atoms with E-state index in [0.29, 0.717) is 3.92 Å². The molecule has 1 atom stereocenters. The lowest BCUT2D eigenvalue weighted by atomic mass is 10.2. The van der Waals surface area contributed by atoms with Gasteiger partial charge in [-0.05, 0) is 42.3 Å². The summed E-state index contributed by atoms with van der Waals surface area (Å²) in [6.45, 7) is 3.28. The predicted molar refractivity (Wildman–Crippen MR) is 131 cm³/mol. The summed E-state index contributed by atoms with van der Waals surface area (Å²) in [6.07, 6.45) is 6.82. The molecule has 29 heavy (non-hydrogen) atoms. The normalized spacial score (nSPS) is 12.2. The van der Waals surface area contributed by atoms with E-state index < -0.39 is 0 Å². The van der Waals surface area contributed by atoms with Crippen molar-refractivity contribution in [3.8, 4) is 5.75 Å². The lowest BCUT2D eigenvalue weighted by molar-refractivity contribution is -0.669. The van der Waals surface area contributed by atoms with Gasteiger partial charge in [-0.25, -0.2) is 0 Å². The van der Waals surface area contributed by atoms with Gasteiger partial charge < -0.3 is 33.6 Å². The molecule has 0 aliphatic heterocycles. The van der Waals surface area contributed by atoms with Crippen LogP contribution in [0.25, 0.3) is 22.4 Å². The summed E-state index contributed by atoms with van der Waals surface area (Å²) in [5, 5.41) is 1.26. The molecule has 1 unspecified atom stereocenters. The zero-order valence-corrected chi connectivity index (χ0v) is 22.5. The van der Waals surface area contributed by atoms with E-state index in [2.05, 4.69) is 108 Å². The second kappa shape index (κ2) is 11.5. The van der Waals surface area contributed by atoms with E-state index in [4.69, 9.17) is 4.74 Å². The molecule has 0 fully saturated rings. The van der Waals surface area contributed by atoms with Crippen LogP contribution in [-0.2, 0) is 6.54 Å². The Morgan fingerprint density at radius 1 is 1.14 bits per heavy atom.